The van der Waals surface area contributed by atoms with E-state index >= 15 is 0 Å². The number of aromatic hydroxyl groups is 1. The molecule has 4 nitrogen and oxygen atoms in total. The minimum absolute atomic E-state index is 0. The molecule has 90 valence electrons. The van der Waals surface area contributed by atoms with Crippen LogP contribution in [0.25, 0.3) is 0 Å². The van der Waals surface area contributed by atoms with Gasteiger partial charge in [-0.3, -0.25) is 0 Å². The molecule has 0 saturated carbocycles. The summed E-state index contributed by atoms with van der Waals surface area (Å²) in [6.45, 7) is 2.24. The molecule has 1 heterocycles. The standard InChI is InChI=1S/C11H15NO3.ClH/c1-14-11-3-2-8(6-10(11)13)9-7-15-5-4-12-9;/h2-3,6,9,12-13H,4-5,7H2,1H3;1H/t9-;/m0./s1. The highest BCUT2D eigenvalue weighted by atomic mass is 35.5. The topological polar surface area (TPSA) is 50.7 Å². The maximum absolute atomic E-state index is 9.63. The number of phenolic OH excluding ortho intramolecular Hbond substituents is 1. The summed E-state index contributed by atoms with van der Waals surface area (Å²) in [6.07, 6.45) is 0. The van der Waals surface area contributed by atoms with Gasteiger partial charge in [-0.1, -0.05) is 6.07 Å². The second kappa shape index (κ2) is 5.94. The summed E-state index contributed by atoms with van der Waals surface area (Å²) in [7, 11) is 1.54. The van der Waals surface area contributed by atoms with Gasteiger partial charge in [-0.25, -0.2) is 0 Å². The van der Waals surface area contributed by atoms with Gasteiger partial charge >= 0.3 is 0 Å². The third-order valence-corrected chi connectivity index (χ3v) is 2.53. The van der Waals surface area contributed by atoms with Gasteiger partial charge in [0.05, 0.1) is 26.4 Å². The average molecular weight is 246 g/mol. The van der Waals surface area contributed by atoms with Crippen molar-refractivity contribution < 1.29 is 14.6 Å². The molecular formula is C11H16ClNO3. The van der Waals surface area contributed by atoms with E-state index in [0.29, 0.717) is 12.4 Å². The van der Waals surface area contributed by atoms with E-state index in [1.807, 2.05) is 6.07 Å². The lowest BCUT2D eigenvalue weighted by atomic mass is 10.1. The third kappa shape index (κ3) is 2.78. The zero-order valence-corrected chi connectivity index (χ0v) is 9.92. The maximum atomic E-state index is 9.63. The number of methoxy groups -OCH3 is 1. The number of morpholine rings is 1. The average Bonchev–Trinajstić information content (AvgIpc) is 2.30. The lowest BCUT2D eigenvalue weighted by Crippen LogP contribution is -2.34. The van der Waals surface area contributed by atoms with Crippen molar-refractivity contribution in [2.24, 2.45) is 0 Å². The van der Waals surface area contributed by atoms with Crippen LogP contribution in [0.5, 0.6) is 11.5 Å². The van der Waals surface area contributed by atoms with Crippen molar-refractivity contribution >= 4 is 12.4 Å². The molecule has 5 heteroatoms. The van der Waals surface area contributed by atoms with E-state index in [4.69, 9.17) is 9.47 Å². The fourth-order valence-electron chi connectivity index (χ4n) is 1.70. The van der Waals surface area contributed by atoms with Gasteiger partial charge in [0.1, 0.15) is 0 Å². The van der Waals surface area contributed by atoms with Crippen LogP contribution >= 0.6 is 12.4 Å². The van der Waals surface area contributed by atoms with Gasteiger partial charge in [0.25, 0.3) is 0 Å². The molecule has 1 aromatic carbocycles. The molecule has 2 N–H and O–H groups in total. The van der Waals surface area contributed by atoms with Crippen LogP contribution in [0.4, 0.5) is 0 Å². The van der Waals surface area contributed by atoms with E-state index in [1.54, 1.807) is 12.1 Å². The van der Waals surface area contributed by atoms with E-state index in [9.17, 15) is 5.11 Å². The van der Waals surface area contributed by atoms with Crippen molar-refractivity contribution in [3.05, 3.63) is 23.8 Å². The maximum Gasteiger partial charge on any atom is 0.160 e. The minimum atomic E-state index is 0. The summed E-state index contributed by atoms with van der Waals surface area (Å²) in [6, 6.07) is 5.58. The third-order valence-electron chi connectivity index (χ3n) is 2.53. The number of benzene rings is 1. The van der Waals surface area contributed by atoms with Crippen molar-refractivity contribution in [3.63, 3.8) is 0 Å². The van der Waals surface area contributed by atoms with Crippen LogP contribution in [-0.4, -0.2) is 32.0 Å². The molecule has 1 fully saturated rings. The van der Waals surface area contributed by atoms with Crippen molar-refractivity contribution in [2.75, 3.05) is 26.9 Å². The number of phenols is 1. The van der Waals surface area contributed by atoms with Gasteiger partial charge in [0.15, 0.2) is 11.5 Å². The summed E-state index contributed by atoms with van der Waals surface area (Å²) in [5.74, 6) is 0.665. The highest BCUT2D eigenvalue weighted by Gasteiger charge is 2.16. The van der Waals surface area contributed by atoms with Crippen LogP contribution in [0.2, 0.25) is 0 Å². The summed E-state index contributed by atoms with van der Waals surface area (Å²) in [5, 5.41) is 13.0. The van der Waals surface area contributed by atoms with Crippen molar-refractivity contribution in [3.8, 4) is 11.5 Å². The monoisotopic (exact) mass is 245 g/mol. The van der Waals surface area contributed by atoms with Gasteiger partial charge in [0.2, 0.25) is 0 Å². The number of halogens is 1. The Morgan fingerprint density at radius 3 is 2.88 bits per heavy atom. The first-order valence-corrected chi connectivity index (χ1v) is 4.99. The van der Waals surface area contributed by atoms with Crippen molar-refractivity contribution in [2.45, 2.75) is 6.04 Å². The molecule has 0 aromatic heterocycles. The number of hydrogen-bond donors (Lipinski definition) is 2. The zero-order valence-electron chi connectivity index (χ0n) is 9.10. The Balaban J connectivity index is 0.00000128. The molecule has 2 rings (SSSR count). The molecule has 0 radical (unpaired) electrons. The molecule has 0 amide bonds. The molecular weight excluding hydrogens is 230 g/mol. The summed E-state index contributed by atoms with van der Waals surface area (Å²) in [4.78, 5) is 0. The van der Waals surface area contributed by atoms with Crippen LogP contribution < -0.4 is 10.1 Å². The van der Waals surface area contributed by atoms with Gasteiger partial charge in [0, 0.05) is 6.54 Å². The molecule has 16 heavy (non-hydrogen) atoms. The van der Waals surface area contributed by atoms with Gasteiger partial charge in [-0.05, 0) is 17.7 Å². The predicted octanol–water partition coefficient (Wildman–Crippen LogP) is 1.48. The van der Waals surface area contributed by atoms with Crippen molar-refractivity contribution in [1.29, 1.82) is 0 Å². The highest BCUT2D eigenvalue weighted by Crippen LogP contribution is 2.29. The van der Waals surface area contributed by atoms with Crippen LogP contribution in [0, 0.1) is 0 Å². The lowest BCUT2D eigenvalue weighted by Gasteiger charge is -2.24. The SMILES string of the molecule is COc1ccc([C@@H]2COCCN2)cc1O.Cl. The number of hydrogen-bond acceptors (Lipinski definition) is 4. The van der Waals surface area contributed by atoms with Crippen LogP contribution in [0.3, 0.4) is 0 Å². The number of nitrogens with one attached hydrogen (secondary N) is 1. The second-order valence-electron chi connectivity index (χ2n) is 3.51. The Hall–Kier alpha value is -0.970. The van der Waals surface area contributed by atoms with E-state index in [-0.39, 0.29) is 24.2 Å². The number of ether oxygens (including phenoxy) is 2. The Labute approximate surface area is 101 Å². The summed E-state index contributed by atoms with van der Waals surface area (Å²) < 4.78 is 10.3. The first-order chi connectivity index (χ1) is 7.31. The first-order valence-electron chi connectivity index (χ1n) is 4.99. The molecule has 1 atom stereocenters. The van der Waals surface area contributed by atoms with Crippen molar-refractivity contribution in [1.82, 2.24) is 5.32 Å². The predicted molar refractivity (Wildman–Crippen MR) is 63.5 cm³/mol. The molecule has 1 aliphatic heterocycles. The smallest absolute Gasteiger partial charge is 0.160 e. The Bertz CT molecular complexity index is 340. The summed E-state index contributed by atoms with van der Waals surface area (Å²) in [5.41, 5.74) is 1.02. The Morgan fingerprint density at radius 1 is 1.50 bits per heavy atom. The van der Waals surface area contributed by atoms with Gasteiger partial charge in [-0.15, -0.1) is 12.4 Å². The van der Waals surface area contributed by atoms with E-state index in [2.05, 4.69) is 5.32 Å². The molecule has 1 aliphatic rings. The minimum Gasteiger partial charge on any atom is -0.504 e. The normalized spacial score (nSPS) is 19.9. The number of rotatable bonds is 2. The lowest BCUT2D eigenvalue weighted by molar-refractivity contribution is 0.0768. The Morgan fingerprint density at radius 2 is 2.31 bits per heavy atom. The largest absolute Gasteiger partial charge is 0.504 e. The molecule has 1 saturated heterocycles. The van der Waals surface area contributed by atoms with E-state index < -0.39 is 0 Å². The molecule has 0 bridgehead atoms. The molecule has 0 aliphatic carbocycles. The van der Waals surface area contributed by atoms with Crippen LogP contribution in [0.1, 0.15) is 11.6 Å². The van der Waals surface area contributed by atoms with E-state index in [1.165, 1.54) is 7.11 Å². The zero-order chi connectivity index (χ0) is 10.7. The van der Waals surface area contributed by atoms with Gasteiger partial charge < -0.3 is 19.9 Å². The Kier molecular flexibility index (Phi) is 4.86. The fraction of sp³-hybridized carbons (Fsp3) is 0.455. The fourth-order valence-corrected chi connectivity index (χ4v) is 1.70. The molecule has 1 aromatic rings. The second-order valence-corrected chi connectivity index (χ2v) is 3.51. The summed E-state index contributed by atoms with van der Waals surface area (Å²) >= 11 is 0. The highest BCUT2D eigenvalue weighted by molar-refractivity contribution is 5.85. The van der Waals surface area contributed by atoms with E-state index in [0.717, 1.165) is 18.7 Å². The van der Waals surface area contributed by atoms with Gasteiger partial charge in [-0.2, -0.15) is 0 Å². The van der Waals surface area contributed by atoms with Crippen LogP contribution in [0.15, 0.2) is 18.2 Å². The van der Waals surface area contributed by atoms with Crippen LogP contribution in [-0.2, 0) is 4.74 Å². The quantitative estimate of drug-likeness (QED) is 0.829. The molecule has 0 unspecified atom stereocenters. The molecule has 0 spiro atoms. The first kappa shape index (κ1) is 13.1.